The Labute approximate surface area is 103 Å². The fourth-order valence-corrected chi connectivity index (χ4v) is 1.80. The first-order chi connectivity index (χ1) is 8.35. The zero-order valence-electron chi connectivity index (χ0n) is 10.3. The Bertz CT molecular complexity index is 446. The third-order valence-electron chi connectivity index (χ3n) is 2.96. The molecule has 0 amide bonds. The van der Waals surface area contributed by atoms with Gasteiger partial charge in [-0.2, -0.15) is 0 Å². The van der Waals surface area contributed by atoms with E-state index < -0.39 is 0 Å². The lowest BCUT2D eigenvalue weighted by Crippen LogP contribution is -2.02. The molecule has 1 atom stereocenters. The fraction of sp³-hybridized carbons (Fsp3) is 0.375. The standard InChI is InChI=1S/C16H18O/c1-3-6-16(17-2)15-8-5-4-7-14(15)12-11-13-9-10-13/h3-5,7-8,13,16H,1,6,9-10H2,2H3. The molecule has 1 heteroatoms. The molecule has 0 heterocycles. The van der Waals surface area contributed by atoms with Gasteiger partial charge in [-0.1, -0.05) is 36.1 Å². The average molecular weight is 226 g/mol. The molecule has 1 aromatic carbocycles. The van der Waals surface area contributed by atoms with E-state index in [9.17, 15) is 0 Å². The number of rotatable bonds is 4. The molecule has 0 bridgehead atoms. The largest absolute Gasteiger partial charge is 0.376 e. The lowest BCUT2D eigenvalue weighted by Gasteiger charge is -2.15. The quantitative estimate of drug-likeness (QED) is 0.561. The molecule has 88 valence electrons. The van der Waals surface area contributed by atoms with E-state index in [-0.39, 0.29) is 6.10 Å². The minimum Gasteiger partial charge on any atom is -0.376 e. The first-order valence-electron chi connectivity index (χ1n) is 6.09. The lowest BCUT2D eigenvalue weighted by atomic mass is 10.00. The summed E-state index contributed by atoms with van der Waals surface area (Å²) in [6, 6.07) is 8.22. The monoisotopic (exact) mass is 226 g/mol. The summed E-state index contributed by atoms with van der Waals surface area (Å²) in [5.41, 5.74) is 2.26. The summed E-state index contributed by atoms with van der Waals surface area (Å²) >= 11 is 0. The zero-order valence-corrected chi connectivity index (χ0v) is 10.3. The Hall–Kier alpha value is -1.52. The smallest absolute Gasteiger partial charge is 0.0867 e. The average Bonchev–Trinajstić information content (AvgIpc) is 3.18. The molecule has 0 saturated heterocycles. The van der Waals surface area contributed by atoms with Crippen LogP contribution in [0.2, 0.25) is 0 Å². The van der Waals surface area contributed by atoms with Crippen molar-refractivity contribution in [3.8, 4) is 11.8 Å². The van der Waals surface area contributed by atoms with Crippen molar-refractivity contribution >= 4 is 0 Å². The van der Waals surface area contributed by atoms with Gasteiger partial charge >= 0.3 is 0 Å². The molecule has 1 aromatic rings. The predicted octanol–water partition coefficient (Wildman–Crippen LogP) is 3.71. The van der Waals surface area contributed by atoms with Gasteiger partial charge in [-0.25, -0.2) is 0 Å². The molecule has 1 aliphatic carbocycles. The van der Waals surface area contributed by atoms with Crippen molar-refractivity contribution in [2.45, 2.75) is 25.4 Å². The highest BCUT2D eigenvalue weighted by molar-refractivity contribution is 5.43. The minimum atomic E-state index is 0.0669. The number of benzene rings is 1. The van der Waals surface area contributed by atoms with Crippen LogP contribution < -0.4 is 0 Å². The van der Waals surface area contributed by atoms with E-state index in [0.717, 1.165) is 12.0 Å². The molecule has 2 rings (SSSR count). The highest BCUT2D eigenvalue weighted by Crippen LogP contribution is 2.28. The van der Waals surface area contributed by atoms with Crippen molar-refractivity contribution in [3.63, 3.8) is 0 Å². The van der Waals surface area contributed by atoms with E-state index in [1.807, 2.05) is 18.2 Å². The van der Waals surface area contributed by atoms with Gasteiger partial charge < -0.3 is 4.74 Å². The molecule has 1 fully saturated rings. The number of hydrogen-bond acceptors (Lipinski definition) is 1. The van der Waals surface area contributed by atoms with Gasteiger partial charge in [0.25, 0.3) is 0 Å². The molecule has 0 radical (unpaired) electrons. The van der Waals surface area contributed by atoms with Crippen LogP contribution in [0.25, 0.3) is 0 Å². The van der Waals surface area contributed by atoms with Crippen LogP contribution in [0.1, 0.15) is 36.5 Å². The van der Waals surface area contributed by atoms with Crippen LogP contribution in [0.5, 0.6) is 0 Å². The first-order valence-corrected chi connectivity index (χ1v) is 6.09. The van der Waals surface area contributed by atoms with Gasteiger partial charge in [-0.05, 0) is 30.9 Å². The second-order valence-electron chi connectivity index (χ2n) is 4.38. The molecule has 1 saturated carbocycles. The van der Waals surface area contributed by atoms with Gasteiger partial charge in [-0.3, -0.25) is 0 Å². The van der Waals surface area contributed by atoms with E-state index in [1.54, 1.807) is 7.11 Å². The molecule has 0 aliphatic heterocycles. The van der Waals surface area contributed by atoms with Gasteiger partial charge in [0.1, 0.15) is 0 Å². The van der Waals surface area contributed by atoms with Crippen molar-refractivity contribution in [1.82, 2.24) is 0 Å². The molecule has 0 N–H and O–H groups in total. The number of methoxy groups -OCH3 is 1. The summed E-state index contributed by atoms with van der Waals surface area (Å²) in [4.78, 5) is 0. The summed E-state index contributed by atoms with van der Waals surface area (Å²) in [5.74, 6) is 7.22. The summed E-state index contributed by atoms with van der Waals surface area (Å²) in [6.07, 6.45) is 5.29. The number of hydrogen-bond donors (Lipinski definition) is 0. The maximum atomic E-state index is 5.50. The summed E-state index contributed by atoms with van der Waals surface area (Å²) < 4.78 is 5.50. The van der Waals surface area contributed by atoms with Gasteiger partial charge in [0, 0.05) is 18.6 Å². The predicted molar refractivity (Wildman–Crippen MR) is 70.6 cm³/mol. The van der Waals surface area contributed by atoms with Crippen LogP contribution in [0.15, 0.2) is 36.9 Å². The van der Waals surface area contributed by atoms with Crippen molar-refractivity contribution in [1.29, 1.82) is 0 Å². The van der Waals surface area contributed by atoms with Crippen LogP contribution in [-0.4, -0.2) is 7.11 Å². The van der Waals surface area contributed by atoms with E-state index >= 15 is 0 Å². The highest BCUT2D eigenvalue weighted by Gasteiger charge is 2.18. The fourth-order valence-electron chi connectivity index (χ4n) is 1.80. The van der Waals surface area contributed by atoms with Crippen molar-refractivity contribution in [2.24, 2.45) is 5.92 Å². The van der Waals surface area contributed by atoms with Crippen LogP contribution >= 0.6 is 0 Å². The lowest BCUT2D eigenvalue weighted by molar-refractivity contribution is 0.106. The zero-order chi connectivity index (χ0) is 12.1. The normalized spacial score (nSPS) is 15.8. The molecular weight excluding hydrogens is 208 g/mol. The Morgan fingerprint density at radius 2 is 2.24 bits per heavy atom. The summed E-state index contributed by atoms with van der Waals surface area (Å²) in [7, 11) is 1.74. The third-order valence-corrected chi connectivity index (χ3v) is 2.96. The molecule has 1 unspecified atom stereocenters. The third kappa shape index (κ3) is 3.22. The Balaban J connectivity index is 2.25. The van der Waals surface area contributed by atoms with Gasteiger partial charge in [0.2, 0.25) is 0 Å². The maximum Gasteiger partial charge on any atom is 0.0867 e. The van der Waals surface area contributed by atoms with Crippen LogP contribution in [-0.2, 0) is 4.74 Å². The van der Waals surface area contributed by atoms with Crippen molar-refractivity contribution in [3.05, 3.63) is 48.0 Å². The van der Waals surface area contributed by atoms with Crippen molar-refractivity contribution in [2.75, 3.05) is 7.11 Å². The van der Waals surface area contributed by atoms with E-state index in [2.05, 4.69) is 30.6 Å². The van der Waals surface area contributed by atoms with Crippen molar-refractivity contribution < 1.29 is 4.74 Å². The van der Waals surface area contributed by atoms with Gasteiger partial charge in [-0.15, -0.1) is 6.58 Å². The SMILES string of the molecule is C=CCC(OC)c1ccccc1C#CC1CC1. The minimum absolute atomic E-state index is 0.0669. The van der Waals surface area contributed by atoms with E-state index in [4.69, 9.17) is 4.74 Å². The molecular formula is C16H18O. The van der Waals surface area contributed by atoms with Crippen LogP contribution in [0.4, 0.5) is 0 Å². The second kappa shape index (κ2) is 5.70. The molecule has 0 spiro atoms. The maximum absolute atomic E-state index is 5.50. The highest BCUT2D eigenvalue weighted by atomic mass is 16.5. The van der Waals surface area contributed by atoms with E-state index in [1.165, 1.54) is 18.4 Å². The molecule has 0 aromatic heterocycles. The molecule has 1 nitrogen and oxygen atoms in total. The summed E-state index contributed by atoms with van der Waals surface area (Å²) in [5, 5.41) is 0. The van der Waals surface area contributed by atoms with Gasteiger partial charge in [0.05, 0.1) is 6.10 Å². The molecule has 1 aliphatic rings. The number of ether oxygens (including phenoxy) is 1. The Morgan fingerprint density at radius 3 is 2.88 bits per heavy atom. The topological polar surface area (TPSA) is 9.23 Å². The Kier molecular flexibility index (Phi) is 4.01. The first kappa shape index (κ1) is 12.0. The van der Waals surface area contributed by atoms with Crippen LogP contribution in [0, 0.1) is 17.8 Å². The molecule has 17 heavy (non-hydrogen) atoms. The Morgan fingerprint density at radius 1 is 1.47 bits per heavy atom. The van der Waals surface area contributed by atoms with Gasteiger partial charge in [0.15, 0.2) is 0 Å². The van der Waals surface area contributed by atoms with Crippen LogP contribution in [0.3, 0.4) is 0 Å². The van der Waals surface area contributed by atoms with E-state index in [0.29, 0.717) is 5.92 Å². The second-order valence-corrected chi connectivity index (χ2v) is 4.38. The summed E-state index contributed by atoms with van der Waals surface area (Å²) in [6.45, 7) is 3.77.